The zero-order chi connectivity index (χ0) is 9.30. The molecule has 0 aromatic heterocycles. The van der Waals surface area contributed by atoms with Crippen molar-refractivity contribution in [2.75, 3.05) is 7.11 Å². The van der Waals surface area contributed by atoms with Crippen molar-refractivity contribution in [1.29, 1.82) is 0 Å². The van der Waals surface area contributed by atoms with E-state index in [-0.39, 0.29) is 0 Å². The molecule has 2 unspecified atom stereocenters. The Morgan fingerprint density at radius 3 is 2.17 bits per heavy atom. The van der Waals surface area contributed by atoms with Gasteiger partial charge in [-0.3, -0.25) is 0 Å². The van der Waals surface area contributed by atoms with E-state index < -0.39 is 30.7 Å². The zero-order valence-electron chi connectivity index (χ0n) is 7.04. The molecule has 5 nitrogen and oxygen atoms in total. The minimum absolute atomic E-state index is 0.534. The van der Waals surface area contributed by atoms with Gasteiger partial charge >= 0.3 is 0 Å². The van der Waals surface area contributed by atoms with Gasteiger partial charge in [0.25, 0.3) is 0 Å². The van der Waals surface area contributed by atoms with Gasteiger partial charge in [0, 0.05) is 7.11 Å². The summed E-state index contributed by atoms with van der Waals surface area (Å²) in [6.07, 6.45) is -4.86. The average Bonchev–Trinajstić information content (AvgIpc) is 2.08. The van der Waals surface area contributed by atoms with E-state index in [0.29, 0.717) is 0 Å². The summed E-state index contributed by atoms with van der Waals surface area (Å²) in [5.41, 5.74) is 0. The van der Waals surface area contributed by atoms with E-state index in [0.717, 1.165) is 0 Å². The second kappa shape index (κ2) is 3.68. The first kappa shape index (κ1) is 9.88. The number of rotatable bonds is 1. The lowest BCUT2D eigenvalue weighted by Gasteiger charge is -2.38. The van der Waals surface area contributed by atoms with Crippen LogP contribution in [-0.2, 0) is 9.47 Å². The van der Waals surface area contributed by atoms with E-state index in [1.54, 1.807) is 6.92 Å². The van der Waals surface area contributed by atoms with Gasteiger partial charge in [-0.1, -0.05) is 0 Å². The van der Waals surface area contributed by atoms with Gasteiger partial charge in [-0.15, -0.1) is 0 Å². The van der Waals surface area contributed by atoms with Crippen molar-refractivity contribution in [3.63, 3.8) is 0 Å². The summed E-state index contributed by atoms with van der Waals surface area (Å²) in [6, 6.07) is 0. The first-order valence-electron chi connectivity index (χ1n) is 3.80. The molecule has 12 heavy (non-hydrogen) atoms. The van der Waals surface area contributed by atoms with Gasteiger partial charge in [-0.05, 0) is 6.92 Å². The van der Waals surface area contributed by atoms with E-state index in [1.165, 1.54) is 7.11 Å². The second-order valence-corrected chi connectivity index (χ2v) is 2.92. The third-order valence-corrected chi connectivity index (χ3v) is 2.04. The molecule has 0 aliphatic carbocycles. The Labute approximate surface area is 70.5 Å². The molecule has 3 N–H and O–H groups in total. The summed E-state index contributed by atoms with van der Waals surface area (Å²) in [5.74, 6) is 0. The van der Waals surface area contributed by atoms with E-state index in [1.807, 2.05) is 0 Å². The first-order valence-corrected chi connectivity index (χ1v) is 3.80. The molecule has 1 aliphatic heterocycles. The van der Waals surface area contributed by atoms with E-state index in [2.05, 4.69) is 0 Å². The first-order chi connectivity index (χ1) is 5.57. The van der Waals surface area contributed by atoms with Crippen LogP contribution in [0.15, 0.2) is 0 Å². The molecule has 1 saturated heterocycles. The highest BCUT2D eigenvalue weighted by atomic mass is 16.7. The Morgan fingerprint density at radius 1 is 1.08 bits per heavy atom. The fraction of sp³-hybridized carbons (Fsp3) is 1.00. The minimum Gasteiger partial charge on any atom is -0.388 e. The second-order valence-electron chi connectivity index (χ2n) is 2.92. The molecule has 0 aromatic rings. The maximum Gasteiger partial charge on any atom is 0.186 e. The summed E-state index contributed by atoms with van der Waals surface area (Å²) in [7, 11) is 1.37. The SMILES string of the molecule is COC1O[C@@H](C)[C@H](O)C(O)[C@H]1O. The molecule has 1 heterocycles. The lowest BCUT2D eigenvalue weighted by molar-refractivity contribution is -0.286. The highest BCUT2D eigenvalue weighted by Gasteiger charge is 2.41. The van der Waals surface area contributed by atoms with Crippen LogP contribution in [0.25, 0.3) is 0 Å². The zero-order valence-corrected chi connectivity index (χ0v) is 7.04. The molecule has 72 valence electrons. The molecule has 0 saturated carbocycles. The molecule has 0 bridgehead atoms. The van der Waals surface area contributed by atoms with E-state index in [9.17, 15) is 15.3 Å². The quantitative estimate of drug-likeness (QED) is 0.453. The lowest BCUT2D eigenvalue weighted by atomic mass is 10.0. The van der Waals surface area contributed by atoms with Crippen LogP contribution in [0.4, 0.5) is 0 Å². The van der Waals surface area contributed by atoms with Crippen LogP contribution in [-0.4, -0.2) is 53.1 Å². The van der Waals surface area contributed by atoms with Crippen LogP contribution < -0.4 is 0 Å². The van der Waals surface area contributed by atoms with E-state index in [4.69, 9.17) is 9.47 Å². The molecular weight excluding hydrogens is 164 g/mol. The number of ether oxygens (including phenoxy) is 2. The highest BCUT2D eigenvalue weighted by molar-refractivity contribution is 4.86. The van der Waals surface area contributed by atoms with Gasteiger partial charge < -0.3 is 24.8 Å². The highest BCUT2D eigenvalue weighted by Crippen LogP contribution is 2.20. The van der Waals surface area contributed by atoms with Crippen LogP contribution >= 0.6 is 0 Å². The maximum atomic E-state index is 9.27. The van der Waals surface area contributed by atoms with Crippen LogP contribution in [0.3, 0.4) is 0 Å². The standard InChI is InChI=1S/C7H14O5/c1-3-4(8)5(9)6(10)7(11-2)12-3/h3-10H,1-2H3/t3-,4-,5?,6+,7?/m0/s1. The maximum absolute atomic E-state index is 9.27. The van der Waals surface area contributed by atoms with Crippen molar-refractivity contribution in [2.45, 2.75) is 37.6 Å². The topological polar surface area (TPSA) is 79.2 Å². The Bertz CT molecular complexity index is 146. The summed E-state index contributed by atoms with van der Waals surface area (Å²) >= 11 is 0. The number of hydrogen-bond donors (Lipinski definition) is 3. The van der Waals surface area contributed by atoms with Crippen molar-refractivity contribution in [2.24, 2.45) is 0 Å². The van der Waals surface area contributed by atoms with Gasteiger partial charge in [0.2, 0.25) is 0 Å². The predicted octanol–water partition coefficient (Wildman–Crippen LogP) is -1.54. The van der Waals surface area contributed by atoms with Gasteiger partial charge in [0.1, 0.15) is 18.3 Å². The molecule has 0 spiro atoms. The largest absolute Gasteiger partial charge is 0.388 e. The molecular formula is C7H14O5. The third-order valence-electron chi connectivity index (χ3n) is 2.04. The molecule has 0 aromatic carbocycles. The summed E-state index contributed by atoms with van der Waals surface area (Å²) in [4.78, 5) is 0. The number of methoxy groups -OCH3 is 1. The van der Waals surface area contributed by atoms with Crippen LogP contribution in [0.5, 0.6) is 0 Å². The predicted molar refractivity (Wildman–Crippen MR) is 39.4 cm³/mol. The summed E-state index contributed by atoms with van der Waals surface area (Å²) < 4.78 is 9.80. The molecule has 0 amide bonds. The molecule has 1 aliphatic rings. The van der Waals surface area contributed by atoms with Crippen LogP contribution in [0, 0.1) is 0 Å². The minimum atomic E-state index is -1.21. The monoisotopic (exact) mass is 178 g/mol. The Morgan fingerprint density at radius 2 is 1.67 bits per heavy atom. The fourth-order valence-corrected chi connectivity index (χ4v) is 1.21. The van der Waals surface area contributed by atoms with E-state index >= 15 is 0 Å². The van der Waals surface area contributed by atoms with Crippen molar-refractivity contribution in [1.82, 2.24) is 0 Å². The smallest absolute Gasteiger partial charge is 0.186 e. The summed E-state index contributed by atoms with van der Waals surface area (Å²) in [6.45, 7) is 1.60. The van der Waals surface area contributed by atoms with Gasteiger partial charge in [0.15, 0.2) is 6.29 Å². The van der Waals surface area contributed by atoms with Crippen molar-refractivity contribution in [3.05, 3.63) is 0 Å². The van der Waals surface area contributed by atoms with Crippen molar-refractivity contribution >= 4 is 0 Å². The van der Waals surface area contributed by atoms with Crippen molar-refractivity contribution in [3.8, 4) is 0 Å². The Kier molecular flexibility index (Phi) is 3.03. The third kappa shape index (κ3) is 1.60. The normalized spacial score (nSPS) is 49.2. The number of hydrogen-bond acceptors (Lipinski definition) is 5. The Balaban J connectivity index is 2.63. The number of aliphatic hydroxyl groups is 3. The van der Waals surface area contributed by atoms with Gasteiger partial charge in [-0.2, -0.15) is 0 Å². The van der Waals surface area contributed by atoms with Crippen LogP contribution in [0.1, 0.15) is 6.92 Å². The Hall–Kier alpha value is -0.200. The summed E-state index contributed by atoms with van der Waals surface area (Å²) in [5, 5.41) is 27.8. The lowest BCUT2D eigenvalue weighted by Crippen LogP contribution is -2.57. The van der Waals surface area contributed by atoms with Gasteiger partial charge in [0.05, 0.1) is 6.10 Å². The fourth-order valence-electron chi connectivity index (χ4n) is 1.21. The molecule has 1 rings (SSSR count). The molecule has 5 atom stereocenters. The van der Waals surface area contributed by atoms with Crippen LogP contribution in [0.2, 0.25) is 0 Å². The van der Waals surface area contributed by atoms with Gasteiger partial charge in [-0.25, -0.2) is 0 Å². The average molecular weight is 178 g/mol. The molecule has 0 radical (unpaired) electrons. The van der Waals surface area contributed by atoms with Crippen molar-refractivity contribution < 1.29 is 24.8 Å². The molecule has 1 fully saturated rings. The molecule has 5 heteroatoms. The number of aliphatic hydroxyl groups excluding tert-OH is 3.